The summed E-state index contributed by atoms with van der Waals surface area (Å²) in [5, 5.41) is 8.29. The van der Waals surface area contributed by atoms with E-state index in [1.54, 1.807) is 12.1 Å². The second-order valence-corrected chi connectivity index (χ2v) is 1.48. The Bertz CT molecular complexity index is 205. The predicted molar refractivity (Wildman–Crippen MR) is 31.2 cm³/mol. The second kappa shape index (κ2) is 6.78. The maximum absolute atomic E-state index is 8.29. The van der Waals surface area contributed by atoms with Gasteiger partial charge in [0.15, 0.2) is 0 Å². The van der Waals surface area contributed by atoms with Gasteiger partial charge in [0.1, 0.15) is 0 Å². The summed E-state index contributed by atoms with van der Waals surface area (Å²) in [6.07, 6.45) is 0. The van der Waals surface area contributed by atoms with Gasteiger partial charge in [0.2, 0.25) is 0 Å². The Kier molecular flexibility index (Phi) is 8.37. The molecule has 0 saturated carbocycles. The average molecular weight is 245 g/mol. The Morgan fingerprint density at radius 2 is 1.60 bits per heavy atom. The van der Waals surface area contributed by atoms with Crippen LogP contribution in [0.15, 0.2) is 30.3 Å². The van der Waals surface area contributed by atoms with E-state index in [0.717, 1.165) is 0 Å². The number of rotatable bonds is 0. The van der Waals surface area contributed by atoms with Crippen LogP contribution in [0.2, 0.25) is 0 Å². The third-order valence-corrected chi connectivity index (χ3v) is 0.903. The van der Waals surface area contributed by atoms with Crippen LogP contribution in [0, 0.1) is 11.3 Å². The average Bonchev–Trinajstić information content (AvgIpc) is 1.90. The van der Waals surface area contributed by atoms with Crippen molar-refractivity contribution in [3.63, 3.8) is 0 Å². The fourth-order valence-electron chi connectivity index (χ4n) is 0.513. The van der Waals surface area contributed by atoms with Crippen LogP contribution in [0.4, 0.5) is 0 Å². The summed E-state index contributed by atoms with van der Waals surface area (Å²) < 4.78 is 0. The molecule has 0 spiro atoms. The minimum absolute atomic E-state index is 0. The van der Waals surface area contributed by atoms with Gasteiger partial charge >= 0.3 is 20.4 Å². The number of nitrogens with zero attached hydrogens (tertiary/aromatic N) is 1. The van der Waals surface area contributed by atoms with Crippen LogP contribution in [0.5, 0.6) is 0 Å². The molecule has 0 heterocycles. The molecule has 0 aliphatic carbocycles. The van der Waals surface area contributed by atoms with Gasteiger partial charge in [0.25, 0.3) is 0 Å². The van der Waals surface area contributed by atoms with E-state index < -0.39 is 0 Å². The molecule has 1 rings (SSSR count). The number of nitriles is 1. The number of hydrogen-bond donors (Lipinski definition) is 0. The van der Waals surface area contributed by atoms with Crippen molar-refractivity contribution in [1.29, 1.82) is 5.26 Å². The van der Waals surface area contributed by atoms with E-state index in [2.05, 4.69) is 0 Å². The summed E-state index contributed by atoms with van der Waals surface area (Å²) in [6.45, 7) is 0. The third kappa shape index (κ3) is 3.64. The van der Waals surface area contributed by atoms with Gasteiger partial charge in [-0.3, -0.25) is 0 Å². The van der Waals surface area contributed by atoms with Gasteiger partial charge in [-0.2, -0.15) is 5.26 Å². The molecule has 0 N–H and O–H groups in total. The Labute approximate surface area is 80.1 Å². The quantitative estimate of drug-likeness (QED) is 0.513. The largest absolute Gasteiger partial charge is 2.00 e. The van der Waals surface area contributed by atoms with E-state index in [0.29, 0.717) is 5.56 Å². The first-order valence-corrected chi connectivity index (χ1v) is 2.38. The first-order valence-electron chi connectivity index (χ1n) is 2.38. The Balaban J connectivity index is 0. The summed E-state index contributed by atoms with van der Waals surface area (Å²) in [6, 6.07) is 11.2. The molecule has 0 fully saturated rings. The van der Waals surface area contributed by atoms with E-state index in [1.807, 2.05) is 24.3 Å². The summed E-state index contributed by atoms with van der Waals surface area (Å²) in [5.41, 5.74) is 0.715. The van der Waals surface area contributed by atoms with E-state index in [4.69, 9.17) is 5.26 Å². The van der Waals surface area contributed by atoms with Crippen LogP contribution in [0.1, 0.15) is 5.56 Å². The predicted octanol–water partition coefficient (Wildman–Crippen LogP) is -1.44. The third-order valence-electron chi connectivity index (χ3n) is 0.903. The first kappa shape index (κ1) is 12.3. The Morgan fingerprint density at radius 1 is 1.10 bits per heavy atom. The molecule has 0 aliphatic rings. The Morgan fingerprint density at radius 3 is 1.90 bits per heavy atom. The van der Waals surface area contributed by atoms with Crippen molar-refractivity contribution in [3.05, 3.63) is 35.9 Å². The van der Waals surface area contributed by atoms with Gasteiger partial charge in [-0.05, 0) is 12.1 Å². The molecule has 0 aliphatic heterocycles. The van der Waals surface area contributed by atoms with Crippen LogP contribution in [0.25, 0.3) is 0 Å². The Hall–Kier alpha value is -0.338. The summed E-state index contributed by atoms with van der Waals surface area (Å²) in [4.78, 5) is 0. The molecule has 1 aromatic carbocycles. The minimum Gasteiger partial charge on any atom is -1.00 e. The van der Waals surface area contributed by atoms with E-state index in [9.17, 15) is 0 Å². The van der Waals surface area contributed by atoms with Crippen LogP contribution in [-0.4, -0.2) is 0 Å². The monoisotopic (exact) mass is 244 g/mol. The molecule has 0 atom stereocenters. The zero-order chi connectivity index (χ0) is 5.82. The zero-order valence-corrected chi connectivity index (χ0v) is 7.34. The van der Waals surface area contributed by atoms with E-state index >= 15 is 0 Å². The fourth-order valence-corrected chi connectivity index (χ4v) is 0.513. The second-order valence-electron chi connectivity index (χ2n) is 1.48. The van der Waals surface area contributed by atoms with Crippen LogP contribution >= 0.6 is 0 Å². The van der Waals surface area contributed by atoms with Crippen LogP contribution in [0.3, 0.4) is 0 Å². The number of hydrogen-bond acceptors (Lipinski definition) is 1. The SMILES string of the molecule is N#Cc1ccccc1.[Cl-].[Pd+2]. The molecule has 1 nitrogen and oxygen atoms in total. The molecule has 0 radical (unpaired) electrons. The first-order chi connectivity index (χ1) is 3.93. The summed E-state index contributed by atoms with van der Waals surface area (Å²) in [5.74, 6) is 0. The summed E-state index contributed by atoms with van der Waals surface area (Å²) in [7, 11) is 0. The van der Waals surface area contributed by atoms with Gasteiger partial charge in [0.05, 0.1) is 11.6 Å². The summed E-state index contributed by atoms with van der Waals surface area (Å²) >= 11 is 0. The fraction of sp³-hybridized carbons (Fsp3) is 0. The van der Waals surface area contributed by atoms with Crippen molar-refractivity contribution in [2.75, 3.05) is 0 Å². The van der Waals surface area contributed by atoms with Crippen molar-refractivity contribution in [2.45, 2.75) is 0 Å². The number of halogens is 1. The van der Waals surface area contributed by atoms with Crippen molar-refractivity contribution < 1.29 is 32.8 Å². The maximum Gasteiger partial charge on any atom is 2.00 e. The molecule has 0 aromatic heterocycles. The molecule has 1 aromatic rings. The molecule has 0 amide bonds. The zero-order valence-electron chi connectivity index (χ0n) is 5.03. The van der Waals surface area contributed by atoms with Crippen molar-refractivity contribution in [1.82, 2.24) is 0 Å². The molecule has 54 valence electrons. The molecular formula is C7H5ClNPd+. The topological polar surface area (TPSA) is 23.8 Å². The normalized spacial score (nSPS) is 6.30. The van der Waals surface area contributed by atoms with Gasteiger partial charge in [-0.1, -0.05) is 18.2 Å². The molecular weight excluding hydrogens is 240 g/mol. The van der Waals surface area contributed by atoms with Crippen molar-refractivity contribution in [3.8, 4) is 6.07 Å². The van der Waals surface area contributed by atoms with Crippen LogP contribution in [-0.2, 0) is 20.4 Å². The van der Waals surface area contributed by atoms with Crippen molar-refractivity contribution in [2.24, 2.45) is 0 Å². The van der Waals surface area contributed by atoms with E-state index in [-0.39, 0.29) is 32.8 Å². The maximum atomic E-state index is 8.29. The van der Waals surface area contributed by atoms with Gasteiger partial charge in [-0.15, -0.1) is 0 Å². The molecule has 0 unspecified atom stereocenters. The van der Waals surface area contributed by atoms with Gasteiger partial charge in [-0.25, -0.2) is 0 Å². The molecule has 10 heavy (non-hydrogen) atoms. The standard InChI is InChI=1S/C7H5N.ClH.Pd/c8-6-7-4-2-1-3-5-7;;/h1-5H;1H;/q;;+2/p-1. The van der Waals surface area contributed by atoms with Gasteiger partial charge < -0.3 is 12.4 Å². The molecule has 3 heteroatoms. The molecule has 0 bridgehead atoms. The van der Waals surface area contributed by atoms with Crippen molar-refractivity contribution >= 4 is 0 Å². The minimum atomic E-state index is 0. The van der Waals surface area contributed by atoms with Gasteiger partial charge in [0, 0.05) is 0 Å². The molecule has 0 saturated heterocycles. The number of benzene rings is 1. The smallest absolute Gasteiger partial charge is 1.00 e. The van der Waals surface area contributed by atoms with Crippen LogP contribution < -0.4 is 12.4 Å². The van der Waals surface area contributed by atoms with E-state index in [1.165, 1.54) is 0 Å².